The zero-order valence-electron chi connectivity index (χ0n) is 10.2. The molecule has 1 aromatic carbocycles. The van der Waals surface area contributed by atoms with Gasteiger partial charge in [-0.15, -0.1) is 0 Å². The molecule has 0 aliphatic rings. The van der Waals surface area contributed by atoms with E-state index in [1.54, 1.807) is 0 Å². The summed E-state index contributed by atoms with van der Waals surface area (Å²) < 4.78 is 37.7. The van der Waals surface area contributed by atoms with Gasteiger partial charge < -0.3 is 10.4 Å². The number of carboxylic acids is 1. The van der Waals surface area contributed by atoms with Gasteiger partial charge in [-0.05, 0) is 32.0 Å². The highest BCUT2D eigenvalue weighted by molar-refractivity contribution is 5.81. The lowest BCUT2D eigenvalue weighted by molar-refractivity contribution is -0.141. The number of hydrogen-bond donors (Lipinski definition) is 2. The molecule has 19 heavy (non-hydrogen) atoms. The molecule has 1 rings (SSSR count). The second kappa shape index (κ2) is 4.80. The van der Waals surface area contributed by atoms with E-state index in [-0.39, 0.29) is 5.69 Å². The quantitative estimate of drug-likeness (QED) is 0.887. The topological polar surface area (TPSA) is 73.1 Å². The average molecular weight is 272 g/mol. The van der Waals surface area contributed by atoms with Crippen LogP contribution >= 0.6 is 0 Å². The van der Waals surface area contributed by atoms with E-state index in [4.69, 9.17) is 10.4 Å². The van der Waals surface area contributed by atoms with Crippen molar-refractivity contribution in [3.05, 3.63) is 29.3 Å². The number of carboxylic acid groups (broad SMARTS) is 1. The Labute approximate surface area is 107 Å². The monoisotopic (exact) mass is 272 g/mol. The van der Waals surface area contributed by atoms with Gasteiger partial charge in [-0.1, -0.05) is 0 Å². The van der Waals surface area contributed by atoms with Crippen LogP contribution in [0.3, 0.4) is 0 Å². The van der Waals surface area contributed by atoms with Gasteiger partial charge in [0.25, 0.3) is 0 Å². The van der Waals surface area contributed by atoms with E-state index in [2.05, 4.69) is 5.32 Å². The van der Waals surface area contributed by atoms with Gasteiger partial charge >= 0.3 is 12.1 Å². The molecule has 4 nitrogen and oxygen atoms in total. The van der Waals surface area contributed by atoms with Crippen LogP contribution in [0.15, 0.2) is 18.2 Å². The van der Waals surface area contributed by atoms with E-state index in [9.17, 15) is 18.0 Å². The maximum absolute atomic E-state index is 12.6. The number of rotatable bonds is 3. The molecule has 0 unspecified atom stereocenters. The van der Waals surface area contributed by atoms with Gasteiger partial charge in [-0.3, -0.25) is 0 Å². The van der Waals surface area contributed by atoms with E-state index in [0.29, 0.717) is 0 Å². The molecule has 0 aliphatic carbocycles. The maximum atomic E-state index is 12.6. The summed E-state index contributed by atoms with van der Waals surface area (Å²) in [5.41, 5.74) is -2.82. The van der Waals surface area contributed by atoms with E-state index < -0.39 is 28.8 Å². The van der Waals surface area contributed by atoms with Crippen LogP contribution in [-0.4, -0.2) is 16.6 Å². The predicted molar refractivity (Wildman–Crippen MR) is 61.5 cm³/mol. The van der Waals surface area contributed by atoms with Gasteiger partial charge in [0, 0.05) is 5.69 Å². The Kier molecular flexibility index (Phi) is 3.75. The fraction of sp³-hybridized carbons (Fsp3) is 0.333. The Morgan fingerprint density at radius 3 is 2.37 bits per heavy atom. The third-order valence-corrected chi connectivity index (χ3v) is 2.44. The molecule has 2 N–H and O–H groups in total. The van der Waals surface area contributed by atoms with Crippen molar-refractivity contribution in [1.82, 2.24) is 0 Å². The van der Waals surface area contributed by atoms with Crippen molar-refractivity contribution in [3.8, 4) is 6.07 Å². The molecule has 0 saturated heterocycles. The third-order valence-electron chi connectivity index (χ3n) is 2.44. The number of carbonyl (C=O) groups is 1. The van der Waals surface area contributed by atoms with Crippen molar-refractivity contribution in [2.24, 2.45) is 0 Å². The highest BCUT2D eigenvalue weighted by Crippen LogP contribution is 2.33. The van der Waals surface area contributed by atoms with Crippen molar-refractivity contribution in [2.75, 3.05) is 5.32 Å². The molecule has 0 atom stereocenters. The lowest BCUT2D eigenvalue weighted by Crippen LogP contribution is -2.39. The van der Waals surface area contributed by atoms with Crippen LogP contribution < -0.4 is 5.32 Å². The second-order valence-electron chi connectivity index (χ2n) is 4.43. The van der Waals surface area contributed by atoms with Crippen LogP contribution in [0.2, 0.25) is 0 Å². The minimum atomic E-state index is -4.62. The molecular formula is C12H11F3N2O2. The Morgan fingerprint density at radius 1 is 1.37 bits per heavy atom. The number of anilines is 1. The molecule has 0 spiro atoms. The third kappa shape index (κ3) is 3.37. The number of nitriles is 1. The minimum Gasteiger partial charge on any atom is -0.480 e. The van der Waals surface area contributed by atoms with Crippen LogP contribution in [0, 0.1) is 11.3 Å². The highest BCUT2D eigenvalue weighted by Gasteiger charge is 2.34. The summed E-state index contributed by atoms with van der Waals surface area (Å²) in [7, 11) is 0. The first-order valence-corrected chi connectivity index (χ1v) is 5.21. The molecule has 0 fully saturated rings. The zero-order valence-corrected chi connectivity index (χ0v) is 10.2. The van der Waals surface area contributed by atoms with E-state index in [0.717, 1.165) is 18.2 Å². The van der Waals surface area contributed by atoms with Crippen LogP contribution in [0.25, 0.3) is 0 Å². The molecule has 102 valence electrons. The van der Waals surface area contributed by atoms with Gasteiger partial charge in [0.2, 0.25) is 0 Å². The molecule has 0 aliphatic heterocycles. The van der Waals surface area contributed by atoms with Gasteiger partial charge in [-0.25, -0.2) is 4.79 Å². The standard InChI is InChI=1S/C12H11F3N2O2/c1-11(2,10(18)19)17-8-3-4-9(12(13,14)15)7(5-8)6-16/h3-5,17H,1-2H3,(H,18,19). The minimum absolute atomic E-state index is 0.136. The fourth-order valence-corrected chi connectivity index (χ4v) is 1.38. The lowest BCUT2D eigenvalue weighted by Gasteiger charge is -2.23. The van der Waals surface area contributed by atoms with Crippen molar-refractivity contribution < 1.29 is 23.1 Å². The number of hydrogen-bond acceptors (Lipinski definition) is 3. The molecule has 0 saturated carbocycles. The number of nitrogens with zero attached hydrogens (tertiary/aromatic N) is 1. The van der Waals surface area contributed by atoms with Crippen LogP contribution in [0.5, 0.6) is 0 Å². The zero-order chi connectivity index (χ0) is 14.8. The normalized spacial score (nSPS) is 11.8. The van der Waals surface area contributed by atoms with E-state index in [1.807, 2.05) is 0 Å². The Balaban J connectivity index is 3.16. The summed E-state index contributed by atoms with van der Waals surface area (Å²) in [5, 5.41) is 20.2. The molecule has 0 amide bonds. The van der Waals surface area contributed by atoms with Crippen LogP contribution in [0.4, 0.5) is 18.9 Å². The van der Waals surface area contributed by atoms with Crippen molar-refractivity contribution in [1.29, 1.82) is 5.26 Å². The summed E-state index contributed by atoms with van der Waals surface area (Å²) in [6.45, 7) is 2.72. The highest BCUT2D eigenvalue weighted by atomic mass is 19.4. The van der Waals surface area contributed by atoms with Crippen LogP contribution in [-0.2, 0) is 11.0 Å². The molecule has 0 aromatic heterocycles. The first-order valence-electron chi connectivity index (χ1n) is 5.21. The van der Waals surface area contributed by atoms with Crippen molar-refractivity contribution in [2.45, 2.75) is 25.6 Å². The van der Waals surface area contributed by atoms with Crippen LogP contribution in [0.1, 0.15) is 25.0 Å². The number of halogens is 3. The molecule has 7 heteroatoms. The summed E-state index contributed by atoms with van der Waals surface area (Å²) in [4.78, 5) is 10.9. The summed E-state index contributed by atoms with van der Waals surface area (Å²) in [6, 6.07) is 4.27. The van der Waals surface area contributed by atoms with Gasteiger partial charge in [0.15, 0.2) is 0 Å². The lowest BCUT2D eigenvalue weighted by atomic mass is 10.0. The summed E-state index contributed by atoms with van der Waals surface area (Å²) in [5.74, 6) is -1.16. The molecule has 1 aromatic rings. The molecule has 0 radical (unpaired) electrons. The van der Waals surface area contributed by atoms with E-state index >= 15 is 0 Å². The average Bonchev–Trinajstić information content (AvgIpc) is 2.26. The largest absolute Gasteiger partial charge is 0.480 e. The van der Waals surface area contributed by atoms with E-state index in [1.165, 1.54) is 19.9 Å². The molecular weight excluding hydrogens is 261 g/mol. The predicted octanol–water partition coefficient (Wildman–Crippen LogP) is 2.85. The smallest absolute Gasteiger partial charge is 0.417 e. The number of aliphatic carboxylic acids is 1. The summed E-state index contributed by atoms with van der Waals surface area (Å²) >= 11 is 0. The number of benzene rings is 1. The summed E-state index contributed by atoms with van der Waals surface area (Å²) in [6.07, 6.45) is -4.62. The number of nitrogens with one attached hydrogen (secondary N) is 1. The molecule has 0 bridgehead atoms. The molecule has 0 heterocycles. The maximum Gasteiger partial charge on any atom is 0.417 e. The Hall–Kier alpha value is -2.23. The SMILES string of the molecule is CC(C)(Nc1ccc(C(F)(F)F)c(C#N)c1)C(=O)O. The first kappa shape index (κ1) is 14.8. The fourth-order valence-electron chi connectivity index (χ4n) is 1.38. The Morgan fingerprint density at radius 2 is 1.95 bits per heavy atom. The van der Waals surface area contributed by atoms with Gasteiger partial charge in [0.1, 0.15) is 5.54 Å². The second-order valence-corrected chi connectivity index (χ2v) is 4.43. The van der Waals surface area contributed by atoms with Crippen molar-refractivity contribution >= 4 is 11.7 Å². The first-order chi connectivity index (χ1) is 8.58. The Bertz CT molecular complexity index is 545. The van der Waals surface area contributed by atoms with Gasteiger partial charge in [-0.2, -0.15) is 18.4 Å². The van der Waals surface area contributed by atoms with Crippen molar-refractivity contribution in [3.63, 3.8) is 0 Å². The van der Waals surface area contributed by atoms with Gasteiger partial charge in [0.05, 0.1) is 17.2 Å². The number of alkyl halides is 3.